The predicted octanol–water partition coefficient (Wildman–Crippen LogP) is 2.15. The first kappa shape index (κ1) is 16.8. The number of fused-ring (bicyclic) bond motifs is 1. The summed E-state index contributed by atoms with van der Waals surface area (Å²) in [5.74, 6) is 1.92. The minimum atomic E-state index is -0.0998. The molecule has 2 saturated carbocycles. The molecule has 2 N–H and O–H groups in total. The zero-order chi connectivity index (χ0) is 17.3. The Morgan fingerprint density at radius 3 is 2.92 bits per heavy atom. The third-order valence-corrected chi connectivity index (χ3v) is 6.34. The van der Waals surface area contributed by atoms with Crippen molar-refractivity contribution in [2.24, 2.45) is 5.41 Å². The molecule has 0 aromatic carbocycles. The van der Waals surface area contributed by atoms with Gasteiger partial charge in [-0.15, -0.1) is 10.2 Å². The van der Waals surface area contributed by atoms with Crippen molar-refractivity contribution in [1.82, 2.24) is 25.4 Å². The van der Waals surface area contributed by atoms with Crippen molar-refractivity contribution < 1.29 is 9.53 Å². The highest BCUT2D eigenvalue weighted by atomic mass is 16.5. The Kier molecular flexibility index (Phi) is 4.67. The third-order valence-electron chi connectivity index (χ3n) is 6.34. The van der Waals surface area contributed by atoms with E-state index in [1.54, 1.807) is 0 Å². The monoisotopic (exact) mass is 347 g/mol. The van der Waals surface area contributed by atoms with Gasteiger partial charge in [0.15, 0.2) is 5.82 Å². The average Bonchev–Trinajstić information content (AvgIpc) is 2.77. The number of rotatable bonds is 5. The molecule has 3 aliphatic rings. The molecule has 1 aliphatic heterocycles. The zero-order valence-electron chi connectivity index (χ0n) is 15.1. The van der Waals surface area contributed by atoms with Gasteiger partial charge in [-0.2, -0.15) is 0 Å². The molecule has 2 heterocycles. The van der Waals surface area contributed by atoms with Gasteiger partial charge in [0.1, 0.15) is 5.82 Å². The molecule has 2 fully saturated rings. The van der Waals surface area contributed by atoms with Gasteiger partial charge >= 0.3 is 6.03 Å². The number of carbonyl (C=O) groups is 1. The standard InChI is InChI=1S/C18H29N5O2/c1-2-25-14-11-13(18(14)8-6-9-18)20-17(24)19-12-16-22-21-15-7-4-3-5-10-23(15)16/h13-14H,2-12H2,1H3,(H2,19,20,24)/t13-,14-/m1/s1. The normalized spacial score (nSPS) is 26.9. The smallest absolute Gasteiger partial charge is 0.315 e. The number of urea groups is 1. The maximum absolute atomic E-state index is 12.3. The van der Waals surface area contributed by atoms with E-state index in [0.29, 0.717) is 12.6 Å². The van der Waals surface area contributed by atoms with Crippen LogP contribution in [0.4, 0.5) is 4.79 Å². The molecule has 4 rings (SSSR count). The molecule has 0 saturated heterocycles. The molecule has 7 nitrogen and oxygen atoms in total. The van der Waals surface area contributed by atoms with Crippen LogP contribution in [0, 0.1) is 5.41 Å². The summed E-state index contributed by atoms with van der Waals surface area (Å²) < 4.78 is 8.02. The van der Waals surface area contributed by atoms with Crippen molar-refractivity contribution >= 4 is 6.03 Å². The highest BCUT2D eigenvalue weighted by Gasteiger charge is 2.59. The fourth-order valence-electron chi connectivity index (χ4n) is 4.69. The van der Waals surface area contributed by atoms with Crippen molar-refractivity contribution in [3.8, 4) is 0 Å². The average molecular weight is 347 g/mol. The first-order valence-electron chi connectivity index (χ1n) is 9.80. The minimum absolute atomic E-state index is 0.0998. The molecule has 2 aliphatic carbocycles. The summed E-state index contributed by atoms with van der Waals surface area (Å²) in [6.45, 7) is 4.20. The second kappa shape index (κ2) is 6.94. The summed E-state index contributed by atoms with van der Waals surface area (Å²) in [6, 6.07) is 0.144. The molecule has 25 heavy (non-hydrogen) atoms. The van der Waals surface area contributed by atoms with Gasteiger partial charge in [0.25, 0.3) is 0 Å². The van der Waals surface area contributed by atoms with Gasteiger partial charge in [0, 0.05) is 31.0 Å². The zero-order valence-corrected chi connectivity index (χ0v) is 15.1. The van der Waals surface area contributed by atoms with Crippen molar-refractivity contribution in [2.75, 3.05) is 6.61 Å². The number of aromatic nitrogens is 3. The van der Waals surface area contributed by atoms with Crippen LogP contribution in [0.2, 0.25) is 0 Å². The van der Waals surface area contributed by atoms with Crippen LogP contribution in [-0.2, 0) is 24.2 Å². The second-order valence-electron chi connectivity index (χ2n) is 7.64. The molecule has 2 atom stereocenters. The van der Waals surface area contributed by atoms with Gasteiger partial charge in [-0.3, -0.25) is 0 Å². The van der Waals surface area contributed by atoms with E-state index < -0.39 is 0 Å². The number of nitrogens with zero attached hydrogens (tertiary/aromatic N) is 3. The van der Waals surface area contributed by atoms with Gasteiger partial charge in [-0.05, 0) is 39.0 Å². The lowest BCUT2D eigenvalue weighted by atomic mass is 9.51. The van der Waals surface area contributed by atoms with Crippen LogP contribution in [-0.4, -0.2) is 39.5 Å². The number of carbonyl (C=O) groups excluding carboxylic acids is 1. The van der Waals surface area contributed by atoms with E-state index in [0.717, 1.165) is 44.1 Å². The summed E-state index contributed by atoms with van der Waals surface area (Å²) in [7, 11) is 0. The maximum atomic E-state index is 12.3. The summed E-state index contributed by atoms with van der Waals surface area (Å²) >= 11 is 0. The molecule has 2 amide bonds. The van der Waals surface area contributed by atoms with Gasteiger partial charge < -0.3 is 19.9 Å². The fraction of sp³-hybridized carbons (Fsp3) is 0.833. The van der Waals surface area contributed by atoms with Gasteiger partial charge in [0.05, 0.1) is 12.6 Å². The Labute approximate surface area is 148 Å². The van der Waals surface area contributed by atoms with Crippen LogP contribution in [0.1, 0.15) is 63.5 Å². The lowest BCUT2D eigenvalue weighted by molar-refractivity contribution is -0.169. The Bertz CT molecular complexity index is 625. The van der Waals surface area contributed by atoms with Crippen LogP contribution >= 0.6 is 0 Å². The van der Waals surface area contributed by atoms with Crippen LogP contribution in [0.5, 0.6) is 0 Å². The first-order valence-corrected chi connectivity index (χ1v) is 9.80. The topological polar surface area (TPSA) is 81.1 Å². The van der Waals surface area contributed by atoms with E-state index >= 15 is 0 Å². The number of nitrogens with one attached hydrogen (secondary N) is 2. The van der Waals surface area contributed by atoms with Crippen LogP contribution in [0.3, 0.4) is 0 Å². The number of amides is 2. The van der Waals surface area contributed by atoms with E-state index in [4.69, 9.17) is 4.74 Å². The Morgan fingerprint density at radius 2 is 2.16 bits per heavy atom. The van der Waals surface area contributed by atoms with Crippen LogP contribution in [0.15, 0.2) is 0 Å². The molecule has 1 spiro atoms. The quantitative estimate of drug-likeness (QED) is 0.855. The van der Waals surface area contributed by atoms with E-state index in [1.165, 1.54) is 32.1 Å². The summed E-state index contributed by atoms with van der Waals surface area (Å²) in [6.07, 6.45) is 9.40. The predicted molar refractivity (Wildman–Crippen MR) is 93.1 cm³/mol. The highest BCUT2D eigenvalue weighted by Crippen LogP contribution is 2.57. The SMILES string of the molecule is CCO[C@@H]1C[C@@H](NC(=O)NCc2nnc3n2CCCCC3)C12CCC2. The fourth-order valence-corrected chi connectivity index (χ4v) is 4.69. The van der Waals surface area contributed by atoms with Crippen molar-refractivity contribution in [2.45, 2.75) is 83.5 Å². The Balaban J connectivity index is 1.30. The van der Waals surface area contributed by atoms with E-state index in [-0.39, 0.29) is 17.5 Å². The molecule has 1 aromatic heterocycles. The van der Waals surface area contributed by atoms with Crippen molar-refractivity contribution in [3.63, 3.8) is 0 Å². The van der Waals surface area contributed by atoms with Gasteiger partial charge in [0.2, 0.25) is 0 Å². The molecular weight excluding hydrogens is 318 g/mol. The van der Waals surface area contributed by atoms with Crippen molar-refractivity contribution in [1.29, 1.82) is 0 Å². The van der Waals surface area contributed by atoms with E-state index in [1.807, 2.05) is 6.92 Å². The third kappa shape index (κ3) is 3.03. The van der Waals surface area contributed by atoms with E-state index in [9.17, 15) is 4.79 Å². The summed E-state index contributed by atoms with van der Waals surface area (Å²) in [5, 5.41) is 14.7. The van der Waals surface area contributed by atoms with Gasteiger partial charge in [-0.1, -0.05) is 12.8 Å². The molecule has 0 bridgehead atoms. The van der Waals surface area contributed by atoms with E-state index in [2.05, 4.69) is 25.4 Å². The largest absolute Gasteiger partial charge is 0.378 e. The molecule has 1 aromatic rings. The molecular formula is C18H29N5O2. The maximum Gasteiger partial charge on any atom is 0.315 e. The molecule has 0 radical (unpaired) electrons. The molecule has 138 valence electrons. The minimum Gasteiger partial charge on any atom is -0.378 e. The summed E-state index contributed by atoms with van der Waals surface area (Å²) in [4.78, 5) is 12.3. The van der Waals surface area contributed by atoms with Crippen LogP contribution in [0.25, 0.3) is 0 Å². The second-order valence-corrected chi connectivity index (χ2v) is 7.64. The summed E-state index contributed by atoms with van der Waals surface area (Å²) in [5.41, 5.74) is 0.194. The van der Waals surface area contributed by atoms with Crippen molar-refractivity contribution in [3.05, 3.63) is 11.6 Å². The Hall–Kier alpha value is -1.63. The number of hydrogen-bond donors (Lipinski definition) is 2. The first-order chi connectivity index (χ1) is 12.2. The molecule has 0 unspecified atom stereocenters. The highest BCUT2D eigenvalue weighted by molar-refractivity contribution is 5.74. The number of aryl methyl sites for hydroxylation is 1. The Morgan fingerprint density at radius 1 is 1.28 bits per heavy atom. The number of ether oxygens (including phenoxy) is 1. The molecule has 7 heteroatoms. The lowest BCUT2D eigenvalue weighted by Gasteiger charge is -2.60. The lowest BCUT2D eigenvalue weighted by Crippen LogP contribution is -2.68. The van der Waals surface area contributed by atoms with Gasteiger partial charge in [-0.25, -0.2) is 4.79 Å². The van der Waals surface area contributed by atoms with Crippen LogP contribution < -0.4 is 10.6 Å². The number of hydrogen-bond acceptors (Lipinski definition) is 4.